The number of hydrogen-bond acceptors (Lipinski definition) is 2. The van der Waals surface area contributed by atoms with Crippen molar-refractivity contribution in [2.75, 3.05) is 0 Å². The van der Waals surface area contributed by atoms with Crippen molar-refractivity contribution in [3.05, 3.63) is 29.1 Å². The number of nitrogens with two attached hydrogens (primary N) is 1. The smallest absolute Gasteiger partial charge is 0.369 e. The first-order valence-electron chi connectivity index (χ1n) is 5.25. The van der Waals surface area contributed by atoms with Crippen molar-refractivity contribution in [1.29, 1.82) is 0 Å². The third kappa shape index (κ3) is 2.25. The molecule has 0 saturated carbocycles. The lowest BCUT2D eigenvalue weighted by atomic mass is 9.85. The molecule has 2 rings (SSSR count). The van der Waals surface area contributed by atoms with Gasteiger partial charge >= 0.3 is 6.18 Å². The van der Waals surface area contributed by atoms with Crippen molar-refractivity contribution in [1.82, 2.24) is 4.98 Å². The lowest BCUT2D eigenvalue weighted by molar-refractivity contribution is -0.137. The monoisotopic (exact) mass is 244 g/mol. The minimum Gasteiger partial charge on any atom is -0.369 e. The summed E-state index contributed by atoms with van der Waals surface area (Å²) in [7, 11) is 0. The number of aryl methyl sites for hydroxylation is 1. The predicted octanol–water partition coefficient (Wildman–Crippen LogP) is 2.01. The molecule has 1 aromatic heterocycles. The van der Waals surface area contributed by atoms with E-state index in [1.54, 1.807) is 0 Å². The fourth-order valence-electron chi connectivity index (χ4n) is 2.10. The number of pyridine rings is 1. The van der Waals surface area contributed by atoms with Gasteiger partial charge in [0.25, 0.3) is 0 Å². The molecular weight excluding hydrogens is 233 g/mol. The van der Waals surface area contributed by atoms with Crippen LogP contribution in [0.4, 0.5) is 13.2 Å². The number of primary amides is 1. The van der Waals surface area contributed by atoms with Crippen molar-refractivity contribution in [3.8, 4) is 0 Å². The molecule has 0 aliphatic heterocycles. The van der Waals surface area contributed by atoms with Crippen LogP contribution in [-0.4, -0.2) is 10.9 Å². The molecule has 1 heterocycles. The van der Waals surface area contributed by atoms with Gasteiger partial charge in [-0.1, -0.05) is 0 Å². The van der Waals surface area contributed by atoms with Gasteiger partial charge in [-0.25, -0.2) is 0 Å². The Morgan fingerprint density at radius 2 is 2.18 bits per heavy atom. The first-order chi connectivity index (χ1) is 7.89. The molecule has 17 heavy (non-hydrogen) atoms. The summed E-state index contributed by atoms with van der Waals surface area (Å²) in [4.78, 5) is 14.9. The van der Waals surface area contributed by atoms with Crippen LogP contribution in [0.5, 0.6) is 0 Å². The van der Waals surface area contributed by atoms with Gasteiger partial charge in [0.1, 0.15) is 0 Å². The van der Waals surface area contributed by atoms with E-state index >= 15 is 0 Å². The molecule has 92 valence electrons. The molecule has 1 aliphatic carbocycles. The van der Waals surface area contributed by atoms with Crippen LogP contribution in [0.3, 0.4) is 0 Å². The van der Waals surface area contributed by atoms with Gasteiger partial charge < -0.3 is 5.73 Å². The van der Waals surface area contributed by atoms with E-state index < -0.39 is 23.6 Å². The lowest BCUT2D eigenvalue weighted by Crippen LogP contribution is -2.26. The number of rotatable bonds is 1. The zero-order valence-electron chi connectivity index (χ0n) is 8.92. The van der Waals surface area contributed by atoms with Gasteiger partial charge in [0.2, 0.25) is 5.91 Å². The number of alkyl halides is 3. The highest BCUT2D eigenvalue weighted by Gasteiger charge is 2.34. The van der Waals surface area contributed by atoms with Crippen molar-refractivity contribution < 1.29 is 18.0 Å². The molecule has 3 nitrogen and oxygen atoms in total. The van der Waals surface area contributed by atoms with E-state index in [1.165, 1.54) is 0 Å². The molecule has 1 atom stereocenters. The maximum atomic E-state index is 12.5. The second-order valence-corrected chi connectivity index (χ2v) is 4.11. The van der Waals surface area contributed by atoms with Gasteiger partial charge in [-0.15, -0.1) is 0 Å². The maximum Gasteiger partial charge on any atom is 0.417 e. The highest BCUT2D eigenvalue weighted by molar-refractivity contribution is 5.82. The Balaban J connectivity index is 2.43. The quantitative estimate of drug-likeness (QED) is 0.821. The molecule has 1 aromatic rings. The lowest BCUT2D eigenvalue weighted by Gasteiger charge is -2.22. The predicted molar refractivity (Wildman–Crippen MR) is 54.1 cm³/mol. The molecule has 1 aliphatic rings. The molecule has 0 bridgehead atoms. The van der Waals surface area contributed by atoms with Crippen LogP contribution in [0.25, 0.3) is 0 Å². The zero-order chi connectivity index (χ0) is 12.6. The Kier molecular flexibility index (Phi) is 2.81. The molecule has 2 N–H and O–H groups in total. The van der Waals surface area contributed by atoms with Crippen LogP contribution in [0.1, 0.15) is 35.6 Å². The van der Waals surface area contributed by atoms with Crippen LogP contribution >= 0.6 is 0 Å². The number of carbonyl (C=O) groups is 1. The largest absolute Gasteiger partial charge is 0.417 e. The number of halogens is 3. The van der Waals surface area contributed by atoms with E-state index in [2.05, 4.69) is 4.98 Å². The Labute approximate surface area is 95.8 Å². The Hall–Kier alpha value is -1.59. The average Bonchev–Trinajstić information content (AvgIpc) is 2.26. The number of aromatic nitrogens is 1. The van der Waals surface area contributed by atoms with Gasteiger partial charge in [0.05, 0.1) is 17.2 Å². The number of hydrogen-bond donors (Lipinski definition) is 1. The standard InChI is InChI=1S/C11H11F3N2O/c12-11(13,14)7-4-6-2-1-3-8(10(15)17)9(6)16-5-7/h4-5,8H,1-3H2,(H2,15,17). The summed E-state index contributed by atoms with van der Waals surface area (Å²) in [6, 6.07) is 1.07. The molecule has 0 spiro atoms. The molecule has 0 saturated heterocycles. The molecule has 0 fully saturated rings. The number of amides is 1. The Bertz CT molecular complexity index is 457. The first kappa shape index (κ1) is 11.9. The van der Waals surface area contributed by atoms with Crippen LogP contribution in [0.15, 0.2) is 12.3 Å². The SMILES string of the molecule is NC(=O)C1CCCc2cc(C(F)(F)F)cnc21. The summed E-state index contributed by atoms with van der Waals surface area (Å²) in [6.45, 7) is 0. The summed E-state index contributed by atoms with van der Waals surface area (Å²) in [5.41, 5.74) is 5.31. The normalized spacial score (nSPS) is 19.8. The van der Waals surface area contributed by atoms with Crippen LogP contribution < -0.4 is 5.73 Å². The van der Waals surface area contributed by atoms with Crippen LogP contribution in [-0.2, 0) is 17.4 Å². The molecule has 0 aromatic carbocycles. The van der Waals surface area contributed by atoms with Crippen molar-refractivity contribution in [2.45, 2.75) is 31.4 Å². The topological polar surface area (TPSA) is 56.0 Å². The Morgan fingerprint density at radius 1 is 1.47 bits per heavy atom. The molecule has 0 radical (unpaired) electrons. The highest BCUT2D eigenvalue weighted by Crippen LogP contribution is 2.34. The zero-order valence-corrected chi connectivity index (χ0v) is 8.92. The van der Waals surface area contributed by atoms with E-state index in [0.717, 1.165) is 12.3 Å². The molecular formula is C11H11F3N2O. The second kappa shape index (κ2) is 4.01. The van der Waals surface area contributed by atoms with Gasteiger partial charge in [-0.2, -0.15) is 13.2 Å². The summed E-state index contributed by atoms with van der Waals surface area (Å²) in [5, 5.41) is 0. The van der Waals surface area contributed by atoms with Gasteiger partial charge in [0, 0.05) is 6.20 Å². The summed E-state index contributed by atoms with van der Waals surface area (Å²) >= 11 is 0. The molecule has 6 heteroatoms. The minimum atomic E-state index is -4.40. The molecule has 1 unspecified atom stereocenters. The van der Waals surface area contributed by atoms with E-state index in [9.17, 15) is 18.0 Å². The van der Waals surface area contributed by atoms with E-state index in [1.807, 2.05) is 0 Å². The number of nitrogens with zero attached hydrogens (tertiary/aromatic N) is 1. The van der Waals surface area contributed by atoms with Crippen LogP contribution in [0, 0.1) is 0 Å². The van der Waals surface area contributed by atoms with E-state index in [4.69, 9.17) is 5.73 Å². The van der Waals surface area contributed by atoms with Gasteiger partial charge in [0.15, 0.2) is 0 Å². The summed E-state index contributed by atoms with van der Waals surface area (Å²) in [6.07, 6.45) is -1.91. The minimum absolute atomic E-state index is 0.400. The summed E-state index contributed by atoms with van der Waals surface area (Å²) in [5.74, 6) is -1.08. The van der Waals surface area contributed by atoms with Crippen LogP contribution in [0.2, 0.25) is 0 Å². The fourth-order valence-corrected chi connectivity index (χ4v) is 2.10. The molecule has 1 amide bonds. The third-order valence-corrected chi connectivity index (χ3v) is 2.94. The second-order valence-electron chi connectivity index (χ2n) is 4.11. The van der Waals surface area contributed by atoms with E-state index in [-0.39, 0.29) is 0 Å². The van der Waals surface area contributed by atoms with Crippen molar-refractivity contribution in [3.63, 3.8) is 0 Å². The Morgan fingerprint density at radius 3 is 2.76 bits per heavy atom. The highest BCUT2D eigenvalue weighted by atomic mass is 19.4. The summed E-state index contributed by atoms with van der Waals surface area (Å²) < 4.78 is 37.4. The van der Waals surface area contributed by atoms with Crippen molar-refractivity contribution in [2.24, 2.45) is 5.73 Å². The fraction of sp³-hybridized carbons (Fsp3) is 0.455. The average molecular weight is 244 g/mol. The first-order valence-corrected chi connectivity index (χ1v) is 5.25. The number of fused-ring (bicyclic) bond motifs is 1. The third-order valence-electron chi connectivity index (χ3n) is 2.94. The van der Waals surface area contributed by atoms with E-state index in [0.29, 0.717) is 30.5 Å². The maximum absolute atomic E-state index is 12.5. The van der Waals surface area contributed by atoms with Gasteiger partial charge in [-0.3, -0.25) is 9.78 Å². The number of carbonyl (C=O) groups excluding carboxylic acids is 1. The van der Waals surface area contributed by atoms with Gasteiger partial charge in [-0.05, 0) is 30.9 Å². The van der Waals surface area contributed by atoms with Crippen molar-refractivity contribution >= 4 is 5.91 Å².